The van der Waals surface area contributed by atoms with Gasteiger partial charge in [0.15, 0.2) is 5.13 Å². The number of anilines is 1. The van der Waals surface area contributed by atoms with Crippen LogP contribution in [0.3, 0.4) is 0 Å². The molecule has 0 amide bonds. The van der Waals surface area contributed by atoms with Crippen molar-refractivity contribution in [1.82, 2.24) is 5.32 Å². The molecule has 1 N–H and O–H groups in total. The Balaban J connectivity index is 0.000000478. The molecule has 2 aliphatic rings. The third kappa shape index (κ3) is 5.68. The number of para-hydroxylation sites is 2. The first kappa shape index (κ1) is 23.8. The normalized spacial score (nSPS) is 17.7. The number of nitrogens with zero attached hydrogens (tertiary/aromatic N) is 2. The number of ether oxygens (including phenoxy) is 1. The van der Waals surface area contributed by atoms with Gasteiger partial charge >= 0.3 is 6.18 Å². The zero-order valence-electron chi connectivity index (χ0n) is 16.5. The number of nitriles is 1. The van der Waals surface area contributed by atoms with Crippen LogP contribution in [0.2, 0.25) is 0 Å². The third-order valence-electron chi connectivity index (χ3n) is 4.36. The summed E-state index contributed by atoms with van der Waals surface area (Å²) in [7, 11) is 1.50. The monoisotopic (exact) mass is 489 g/mol. The molecule has 1 aromatic heterocycles. The molecule has 31 heavy (non-hydrogen) atoms. The van der Waals surface area contributed by atoms with E-state index in [-0.39, 0.29) is 22.5 Å². The van der Waals surface area contributed by atoms with Gasteiger partial charge < -0.3 is 15.0 Å². The predicted octanol–water partition coefficient (Wildman–Crippen LogP) is 5.64. The van der Waals surface area contributed by atoms with Crippen LogP contribution >= 0.6 is 34.9 Å². The van der Waals surface area contributed by atoms with Gasteiger partial charge in [-0.3, -0.25) is 0 Å². The maximum atomic E-state index is 14.2. The molecule has 1 aromatic carbocycles. The Morgan fingerprint density at radius 2 is 2.03 bits per heavy atom. The number of thioether (sulfide) groups is 2. The van der Waals surface area contributed by atoms with Crippen LogP contribution in [0.1, 0.15) is 10.4 Å². The van der Waals surface area contributed by atoms with E-state index >= 15 is 0 Å². The molecule has 0 atom stereocenters. The average molecular weight is 490 g/mol. The van der Waals surface area contributed by atoms with E-state index in [0.29, 0.717) is 34.8 Å². The van der Waals surface area contributed by atoms with Crippen molar-refractivity contribution < 1.29 is 22.3 Å². The fourth-order valence-electron chi connectivity index (χ4n) is 2.97. The Bertz CT molecular complexity index is 973. The van der Waals surface area contributed by atoms with Crippen LogP contribution in [0.25, 0.3) is 5.57 Å². The van der Waals surface area contributed by atoms with Crippen molar-refractivity contribution in [1.29, 1.82) is 5.26 Å². The largest absolute Gasteiger partial charge is 0.495 e. The number of nitrogens with one attached hydrogen (secondary N) is 1. The van der Waals surface area contributed by atoms with Crippen molar-refractivity contribution in [3.8, 4) is 11.8 Å². The van der Waals surface area contributed by atoms with Crippen LogP contribution in [0, 0.1) is 16.5 Å². The maximum Gasteiger partial charge on any atom is 0.425 e. The van der Waals surface area contributed by atoms with Crippen molar-refractivity contribution in [3.63, 3.8) is 0 Å². The van der Waals surface area contributed by atoms with E-state index in [1.54, 1.807) is 29.2 Å². The summed E-state index contributed by atoms with van der Waals surface area (Å²) in [5.41, 5.74) is 0.242. The molecule has 4 rings (SSSR count). The first-order chi connectivity index (χ1) is 14.9. The van der Waals surface area contributed by atoms with E-state index in [1.807, 2.05) is 17.8 Å². The molecule has 0 saturated carbocycles. The zero-order valence-corrected chi connectivity index (χ0v) is 18.9. The first-order valence-electron chi connectivity index (χ1n) is 9.20. The molecule has 4 nitrogen and oxygen atoms in total. The molecule has 0 spiro atoms. The summed E-state index contributed by atoms with van der Waals surface area (Å²) < 4.78 is 58.1. The molecule has 2 aliphatic heterocycles. The number of rotatable bonds is 3. The maximum absolute atomic E-state index is 14.2. The summed E-state index contributed by atoms with van der Waals surface area (Å²) in [6.07, 6.45) is -4.65. The molecule has 11 heteroatoms. The number of hydrogen-bond donors (Lipinski definition) is 1. The van der Waals surface area contributed by atoms with Crippen molar-refractivity contribution in [2.45, 2.75) is 6.18 Å². The Morgan fingerprint density at radius 3 is 2.58 bits per heavy atom. The van der Waals surface area contributed by atoms with Crippen molar-refractivity contribution in [2.24, 2.45) is 0 Å². The van der Waals surface area contributed by atoms with Crippen LogP contribution in [-0.4, -0.2) is 37.6 Å². The summed E-state index contributed by atoms with van der Waals surface area (Å²) >= 11 is 3.26. The molecule has 166 valence electrons. The van der Waals surface area contributed by atoms with Gasteiger partial charge in [-0.05, 0) is 18.2 Å². The van der Waals surface area contributed by atoms with E-state index in [1.165, 1.54) is 37.0 Å². The SMILES string of the molecule is C1CSCN1.COc1ccccc1N1CCS/C1=C(\C#N)c1cc(C(F)(F)F)sc1F. The number of methoxy groups -OCH3 is 1. The number of halogens is 4. The molecule has 0 aliphatic carbocycles. The van der Waals surface area contributed by atoms with Crippen LogP contribution in [0.5, 0.6) is 5.75 Å². The topological polar surface area (TPSA) is 48.3 Å². The van der Waals surface area contributed by atoms with E-state index in [0.717, 1.165) is 0 Å². The van der Waals surface area contributed by atoms with Gasteiger partial charge in [-0.15, -0.1) is 34.9 Å². The van der Waals surface area contributed by atoms with Crippen LogP contribution < -0.4 is 15.0 Å². The third-order valence-corrected chi connectivity index (χ3v) is 7.32. The Morgan fingerprint density at radius 1 is 1.26 bits per heavy atom. The summed E-state index contributed by atoms with van der Waals surface area (Å²) in [5.74, 6) is 3.66. The zero-order chi connectivity index (χ0) is 22.4. The summed E-state index contributed by atoms with van der Waals surface area (Å²) in [6.45, 7) is 1.74. The fraction of sp³-hybridized carbons (Fsp3) is 0.350. The van der Waals surface area contributed by atoms with Gasteiger partial charge in [-0.2, -0.15) is 22.8 Å². The van der Waals surface area contributed by atoms with Gasteiger partial charge in [-0.1, -0.05) is 12.1 Å². The molecule has 0 radical (unpaired) electrons. The second-order valence-corrected chi connectivity index (χ2v) is 9.50. The lowest BCUT2D eigenvalue weighted by atomic mass is 10.1. The highest BCUT2D eigenvalue weighted by Crippen LogP contribution is 2.44. The second kappa shape index (κ2) is 10.6. The lowest BCUT2D eigenvalue weighted by Crippen LogP contribution is -2.18. The summed E-state index contributed by atoms with van der Waals surface area (Å²) in [4.78, 5) is 0.706. The summed E-state index contributed by atoms with van der Waals surface area (Å²) in [5, 5.41) is 12.1. The van der Waals surface area contributed by atoms with Crippen molar-refractivity contribution in [2.75, 3.05) is 42.5 Å². The van der Waals surface area contributed by atoms with E-state index < -0.39 is 16.2 Å². The minimum Gasteiger partial charge on any atom is -0.495 e. The number of thiophene rings is 1. The van der Waals surface area contributed by atoms with Crippen LogP contribution in [0.15, 0.2) is 35.4 Å². The fourth-order valence-corrected chi connectivity index (χ4v) is 5.56. The quantitative estimate of drug-likeness (QED) is 0.445. The molecule has 2 saturated heterocycles. The second-order valence-electron chi connectivity index (χ2n) is 6.31. The molecule has 0 unspecified atom stereocenters. The number of alkyl halides is 3. The number of allylic oxidation sites excluding steroid dienone is 1. The highest BCUT2D eigenvalue weighted by atomic mass is 32.2. The number of benzene rings is 1. The number of hydrogen-bond acceptors (Lipinski definition) is 7. The molecule has 0 bridgehead atoms. The molecule has 2 aromatic rings. The lowest BCUT2D eigenvalue weighted by Gasteiger charge is -2.22. The van der Waals surface area contributed by atoms with Gasteiger partial charge in [0.25, 0.3) is 0 Å². The van der Waals surface area contributed by atoms with Crippen LogP contribution in [-0.2, 0) is 6.18 Å². The van der Waals surface area contributed by atoms with Crippen molar-refractivity contribution in [3.05, 3.63) is 50.9 Å². The smallest absolute Gasteiger partial charge is 0.425 e. The minimum absolute atomic E-state index is 0.000925. The van der Waals surface area contributed by atoms with Crippen LogP contribution in [0.4, 0.5) is 23.2 Å². The van der Waals surface area contributed by atoms with Gasteiger partial charge in [0.05, 0.1) is 23.4 Å². The van der Waals surface area contributed by atoms with Gasteiger partial charge in [0, 0.05) is 36.0 Å². The molecule has 3 heterocycles. The molecular formula is C20H19F4N3OS3. The Labute approximate surface area is 190 Å². The van der Waals surface area contributed by atoms with Gasteiger partial charge in [0.2, 0.25) is 0 Å². The molecular weight excluding hydrogens is 470 g/mol. The first-order valence-corrected chi connectivity index (χ1v) is 12.2. The lowest BCUT2D eigenvalue weighted by molar-refractivity contribution is -0.134. The van der Waals surface area contributed by atoms with Gasteiger partial charge in [0.1, 0.15) is 16.7 Å². The molecule has 2 fully saturated rings. The van der Waals surface area contributed by atoms with E-state index in [4.69, 9.17) is 4.74 Å². The van der Waals surface area contributed by atoms with E-state index in [9.17, 15) is 22.8 Å². The average Bonchev–Trinajstić information content (AvgIpc) is 3.52. The van der Waals surface area contributed by atoms with Gasteiger partial charge in [-0.25, -0.2) is 0 Å². The minimum atomic E-state index is -4.65. The Kier molecular flexibility index (Phi) is 8.16. The standard InChI is InChI=1S/C17H12F4N2OS2.C3H7NS/c1-24-13-5-3-2-4-12(13)23-6-7-25-16(23)11(9-22)10-8-14(17(19,20)21)26-15(10)18;1-2-5-3-4-1/h2-5,8H,6-7H2,1H3;4H,1-3H2/b16-11+;. The van der Waals surface area contributed by atoms with E-state index in [2.05, 4.69) is 5.32 Å². The predicted molar refractivity (Wildman–Crippen MR) is 120 cm³/mol. The summed E-state index contributed by atoms with van der Waals surface area (Å²) in [6, 6.07) is 9.68. The highest BCUT2D eigenvalue weighted by molar-refractivity contribution is 8.03. The Hall–Kier alpha value is -1.87. The van der Waals surface area contributed by atoms with Crippen molar-refractivity contribution >= 4 is 46.1 Å². The highest BCUT2D eigenvalue weighted by Gasteiger charge is 2.36.